The molecule has 1 aliphatic carbocycles. The van der Waals surface area contributed by atoms with Crippen molar-refractivity contribution in [3.63, 3.8) is 0 Å². The van der Waals surface area contributed by atoms with E-state index < -0.39 is 0 Å². The van der Waals surface area contributed by atoms with Crippen LogP contribution in [-0.2, 0) is 16.8 Å². The van der Waals surface area contributed by atoms with Crippen LogP contribution in [0.3, 0.4) is 0 Å². The molecule has 0 aromatic carbocycles. The van der Waals surface area contributed by atoms with Crippen molar-refractivity contribution in [3.8, 4) is 0 Å². The minimum atomic E-state index is 0.0351. The van der Waals surface area contributed by atoms with Gasteiger partial charge < -0.3 is 5.32 Å². The Kier molecular flexibility index (Phi) is 4.08. The van der Waals surface area contributed by atoms with Gasteiger partial charge in [0.2, 0.25) is 5.91 Å². The van der Waals surface area contributed by atoms with Gasteiger partial charge >= 0.3 is 0 Å². The van der Waals surface area contributed by atoms with Crippen LogP contribution in [0.15, 0.2) is 17.7 Å². The lowest BCUT2D eigenvalue weighted by molar-refractivity contribution is -0.120. The molecular weight excluding hydrogens is 238 g/mol. The first-order chi connectivity index (χ1) is 8.95. The molecule has 1 aliphatic rings. The van der Waals surface area contributed by atoms with E-state index in [0.717, 1.165) is 24.2 Å². The zero-order valence-electron chi connectivity index (χ0n) is 12.0. The Morgan fingerprint density at radius 3 is 2.84 bits per heavy atom. The fourth-order valence-electron chi connectivity index (χ4n) is 2.20. The molecule has 0 unspecified atom stereocenters. The normalized spacial score (nSPS) is 15.4. The summed E-state index contributed by atoms with van der Waals surface area (Å²) in [5.74, 6) is 0.0973. The van der Waals surface area contributed by atoms with Gasteiger partial charge in [0.05, 0.1) is 17.9 Å². The maximum absolute atomic E-state index is 11.8. The second-order valence-corrected chi connectivity index (χ2v) is 6.24. The highest BCUT2D eigenvalue weighted by Gasteiger charge is 2.17. The standard InChI is InChI=1S/C15H23N3O/c1-15(2,3)13-9-12(17-18-13)10-16-14(19)8-11-6-4-5-7-11/h6,9H,4-5,7-8,10H2,1-3H3,(H,16,19)(H,17,18). The van der Waals surface area contributed by atoms with E-state index >= 15 is 0 Å². The van der Waals surface area contributed by atoms with E-state index in [1.54, 1.807) is 0 Å². The smallest absolute Gasteiger partial charge is 0.224 e. The number of carbonyl (C=O) groups excluding carboxylic acids is 1. The number of nitrogens with zero attached hydrogens (tertiary/aromatic N) is 1. The highest BCUT2D eigenvalue weighted by atomic mass is 16.1. The summed E-state index contributed by atoms with van der Waals surface area (Å²) in [6.07, 6.45) is 6.12. The zero-order valence-corrected chi connectivity index (χ0v) is 12.0. The van der Waals surface area contributed by atoms with Crippen molar-refractivity contribution in [3.05, 3.63) is 29.1 Å². The molecule has 4 heteroatoms. The predicted octanol–water partition coefficient (Wildman–Crippen LogP) is 2.82. The summed E-state index contributed by atoms with van der Waals surface area (Å²) in [5.41, 5.74) is 3.29. The summed E-state index contributed by atoms with van der Waals surface area (Å²) in [7, 11) is 0. The third-order valence-corrected chi connectivity index (χ3v) is 3.40. The van der Waals surface area contributed by atoms with E-state index in [0.29, 0.717) is 13.0 Å². The van der Waals surface area contributed by atoms with Crippen LogP contribution in [-0.4, -0.2) is 16.1 Å². The summed E-state index contributed by atoms with van der Waals surface area (Å²) in [4.78, 5) is 11.8. The third kappa shape index (κ3) is 3.94. The summed E-state index contributed by atoms with van der Waals surface area (Å²) in [6, 6.07) is 2.02. The molecule has 19 heavy (non-hydrogen) atoms. The molecule has 104 valence electrons. The average molecular weight is 261 g/mol. The molecule has 1 aromatic heterocycles. The van der Waals surface area contributed by atoms with E-state index in [-0.39, 0.29) is 11.3 Å². The number of aromatic amines is 1. The number of allylic oxidation sites excluding steroid dienone is 1. The van der Waals surface area contributed by atoms with Crippen molar-refractivity contribution in [2.24, 2.45) is 0 Å². The number of rotatable bonds is 4. The van der Waals surface area contributed by atoms with Crippen molar-refractivity contribution in [1.82, 2.24) is 15.5 Å². The van der Waals surface area contributed by atoms with Gasteiger partial charge in [-0.25, -0.2) is 0 Å². The van der Waals surface area contributed by atoms with Gasteiger partial charge in [-0.1, -0.05) is 32.4 Å². The van der Waals surface area contributed by atoms with E-state index in [4.69, 9.17) is 0 Å². The van der Waals surface area contributed by atoms with Crippen molar-refractivity contribution >= 4 is 5.91 Å². The molecular formula is C15H23N3O. The number of amides is 1. The molecule has 0 radical (unpaired) electrons. The van der Waals surface area contributed by atoms with Gasteiger partial charge in [0.1, 0.15) is 0 Å². The van der Waals surface area contributed by atoms with Crippen molar-refractivity contribution in [2.75, 3.05) is 0 Å². The van der Waals surface area contributed by atoms with Crippen molar-refractivity contribution in [1.29, 1.82) is 0 Å². The van der Waals surface area contributed by atoms with E-state index in [1.165, 1.54) is 12.0 Å². The van der Waals surface area contributed by atoms with Gasteiger partial charge in [-0.15, -0.1) is 0 Å². The minimum absolute atomic E-state index is 0.0351. The Bertz CT molecular complexity index is 480. The second kappa shape index (κ2) is 5.59. The fraction of sp³-hybridized carbons (Fsp3) is 0.600. The molecule has 1 heterocycles. The van der Waals surface area contributed by atoms with Crippen molar-refractivity contribution < 1.29 is 4.79 Å². The zero-order chi connectivity index (χ0) is 13.9. The molecule has 0 spiro atoms. The second-order valence-electron chi connectivity index (χ2n) is 6.24. The van der Waals surface area contributed by atoms with Crippen LogP contribution in [0.2, 0.25) is 0 Å². The Labute approximate surface area is 114 Å². The molecule has 4 nitrogen and oxygen atoms in total. The molecule has 2 N–H and O–H groups in total. The molecule has 0 saturated carbocycles. The first kappa shape index (κ1) is 13.8. The summed E-state index contributed by atoms with van der Waals surface area (Å²) >= 11 is 0. The van der Waals surface area contributed by atoms with Crippen LogP contribution in [0.1, 0.15) is 57.8 Å². The number of H-pyrrole nitrogens is 1. The van der Waals surface area contributed by atoms with Gasteiger partial charge in [-0.05, 0) is 25.3 Å². The van der Waals surface area contributed by atoms with Crippen LogP contribution in [0.25, 0.3) is 0 Å². The Morgan fingerprint density at radius 2 is 2.26 bits per heavy atom. The first-order valence-corrected chi connectivity index (χ1v) is 6.94. The van der Waals surface area contributed by atoms with Gasteiger partial charge in [0.25, 0.3) is 0 Å². The van der Waals surface area contributed by atoms with Gasteiger partial charge in [0, 0.05) is 11.8 Å². The number of hydrogen-bond donors (Lipinski definition) is 2. The van der Waals surface area contributed by atoms with Crippen LogP contribution in [0.5, 0.6) is 0 Å². The topological polar surface area (TPSA) is 57.8 Å². The Balaban J connectivity index is 1.81. The highest BCUT2D eigenvalue weighted by Crippen LogP contribution is 2.21. The Morgan fingerprint density at radius 1 is 1.47 bits per heavy atom. The highest BCUT2D eigenvalue weighted by molar-refractivity contribution is 5.78. The predicted molar refractivity (Wildman–Crippen MR) is 75.7 cm³/mol. The quantitative estimate of drug-likeness (QED) is 0.819. The number of hydrogen-bond acceptors (Lipinski definition) is 2. The van der Waals surface area contributed by atoms with Gasteiger partial charge in [-0.3, -0.25) is 9.89 Å². The van der Waals surface area contributed by atoms with E-state index in [1.807, 2.05) is 6.07 Å². The summed E-state index contributed by atoms with van der Waals surface area (Å²) in [5, 5.41) is 10.2. The lowest BCUT2D eigenvalue weighted by Gasteiger charge is -2.13. The molecule has 0 bridgehead atoms. The summed E-state index contributed by atoms with van der Waals surface area (Å²) in [6.45, 7) is 6.89. The minimum Gasteiger partial charge on any atom is -0.350 e. The number of carbonyl (C=O) groups is 1. The number of aromatic nitrogens is 2. The molecule has 0 atom stereocenters. The maximum atomic E-state index is 11.8. The molecule has 1 aromatic rings. The first-order valence-electron chi connectivity index (χ1n) is 6.94. The van der Waals surface area contributed by atoms with Gasteiger partial charge in [-0.2, -0.15) is 5.10 Å². The lowest BCUT2D eigenvalue weighted by Crippen LogP contribution is -2.23. The average Bonchev–Trinajstić information content (AvgIpc) is 2.95. The SMILES string of the molecule is CC(C)(C)c1cc(CNC(=O)CC2=CCCC2)[nH]n1. The molecule has 0 fully saturated rings. The monoisotopic (exact) mass is 261 g/mol. The van der Waals surface area contributed by atoms with E-state index in [2.05, 4.69) is 42.4 Å². The van der Waals surface area contributed by atoms with Crippen molar-refractivity contribution in [2.45, 2.75) is 58.4 Å². The van der Waals surface area contributed by atoms with Gasteiger partial charge in [0.15, 0.2) is 0 Å². The molecule has 1 amide bonds. The van der Waals surface area contributed by atoms with Crippen LogP contribution < -0.4 is 5.32 Å². The Hall–Kier alpha value is -1.58. The third-order valence-electron chi connectivity index (χ3n) is 3.40. The van der Waals surface area contributed by atoms with Crippen LogP contribution in [0, 0.1) is 0 Å². The number of nitrogens with one attached hydrogen (secondary N) is 2. The largest absolute Gasteiger partial charge is 0.350 e. The fourth-order valence-corrected chi connectivity index (χ4v) is 2.20. The maximum Gasteiger partial charge on any atom is 0.224 e. The van der Waals surface area contributed by atoms with Crippen LogP contribution in [0.4, 0.5) is 0 Å². The summed E-state index contributed by atoms with van der Waals surface area (Å²) < 4.78 is 0. The molecule has 2 rings (SSSR count). The lowest BCUT2D eigenvalue weighted by atomic mass is 9.92. The van der Waals surface area contributed by atoms with E-state index in [9.17, 15) is 4.79 Å². The molecule has 0 aliphatic heterocycles. The molecule has 0 saturated heterocycles. The van der Waals surface area contributed by atoms with Crippen LogP contribution >= 0.6 is 0 Å².